The summed E-state index contributed by atoms with van der Waals surface area (Å²) in [6, 6.07) is 0.484. The maximum atomic E-state index is 4.76. The van der Waals surface area contributed by atoms with Crippen molar-refractivity contribution in [3.05, 3.63) is 17.3 Å². The fraction of sp³-hybridized carbons (Fsp3) is 0.583. The van der Waals surface area contributed by atoms with Crippen molar-refractivity contribution in [3.8, 4) is 0 Å². The second-order valence-corrected chi connectivity index (χ2v) is 5.79. The van der Waals surface area contributed by atoms with Crippen LogP contribution in [0, 0.1) is 0 Å². The molecule has 0 fully saturated rings. The van der Waals surface area contributed by atoms with Gasteiger partial charge < -0.3 is 4.90 Å². The zero-order valence-electron chi connectivity index (χ0n) is 10.5. The van der Waals surface area contributed by atoms with E-state index in [4.69, 9.17) is 4.98 Å². The summed E-state index contributed by atoms with van der Waals surface area (Å²) < 4.78 is 2.18. The molecule has 3 nitrogen and oxygen atoms in total. The van der Waals surface area contributed by atoms with Gasteiger partial charge in [0.25, 0.3) is 0 Å². The number of imidazole rings is 1. The van der Waals surface area contributed by atoms with Crippen LogP contribution in [0.15, 0.2) is 11.6 Å². The summed E-state index contributed by atoms with van der Waals surface area (Å²) in [5.74, 6) is 1.13. The number of thiazole rings is 1. The van der Waals surface area contributed by atoms with E-state index in [1.807, 2.05) is 0 Å². The lowest BCUT2D eigenvalue weighted by Gasteiger charge is -2.27. The van der Waals surface area contributed by atoms with Gasteiger partial charge in [-0.2, -0.15) is 0 Å². The molecule has 0 N–H and O–H groups in total. The third-order valence-corrected chi connectivity index (χ3v) is 4.11. The summed E-state index contributed by atoms with van der Waals surface area (Å²) in [5.41, 5.74) is 1.25. The van der Waals surface area contributed by atoms with E-state index >= 15 is 0 Å². The molecule has 0 bridgehead atoms. The molecule has 0 aromatic carbocycles. The number of anilines is 1. The first-order valence-corrected chi connectivity index (χ1v) is 7.96. The van der Waals surface area contributed by atoms with E-state index in [1.54, 1.807) is 11.3 Å². The maximum absolute atomic E-state index is 4.76. The van der Waals surface area contributed by atoms with Crippen molar-refractivity contribution in [3.63, 3.8) is 0 Å². The zero-order chi connectivity index (χ0) is 12.4. The predicted molar refractivity (Wildman–Crippen MR) is 78.5 cm³/mol. The van der Waals surface area contributed by atoms with Gasteiger partial charge in [0.1, 0.15) is 0 Å². The molecule has 0 aliphatic heterocycles. The van der Waals surface area contributed by atoms with Gasteiger partial charge in [-0.05, 0) is 20.3 Å². The third-order valence-electron chi connectivity index (χ3n) is 2.83. The second-order valence-electron chi connectivity index (χ2n) is 4.36. The van der Waals surface area contributed by atoms with E-state index in [2.05, 4.69) is 57.6 Å². The Morgan fingerprint density at radius 2 is 2.29 bits per heavy atom. The SMILES string of the molecule is CCCN(c1nc2sccn2c1CBr)C(C)C. The highest BCUT2D eigenvalue weighted by atomic mass is 79.9. The van der Waals surface area contributed by atoms with Crippen LogP contribution in [0.1, 0.15) is 32.9 Å². The van der Waals surface area contributed by atoms with E-state index in [0.717, 1.165) is 29.1 Å². The number of aromatic nitrogens is 2. The molecular weight excluding hydrogens is 298 g/mol. The molecule has 2 aromatic heterocycles. The fourth-order valence-electron chi connectivity index (χ4n) is 2.02. The lowest BCUT2D eigenvalue weighted by Crippen LogP contribution is -2.32. The molecular formula is C12H18BrN3S. The van der Waals surface area contributed by atoms with Gasteiger partial charge in [0.05, 0.1) is 5.69 Å². The Balaban J connectivity index is 2.47. The first-order valence-electron chi connectivity index (χ1n) is 5.96. The lowest BCUT2D eigenvalue weighted by atomic mass is 10.2. The van der Waals surface area contributed by atoms with E-state index in [1.165, 1.54) is 5.69 Å². The van der Waals surface area contributed by atoms with Gasteiger partial charge in [0.2, 0.25) is 0 Å². The van der Waals surface area contributed by atoms with Crippen LogP contribution in [-0.2, 0) is 5.33 Å². The molecule has 2 rings (SSSR count). The Bertz CT molecular complexity index is 489. The Labute approximate surface area is 115 Å². The van der Waals surface area contributed by atoms with Crippen molar-refractivity contribution in [1.82, 2.24) is 9.38 Å². The van der Waals surface area contributed by atoms with E-state index in [0.29, 0.717) is 6.04 Å². The fourth-order valence-corrected chi connectivity index (χ4v) is 3.27. The highest BCUT2D eigenvalue weighted by Gasteiger charge is 2.19. The van der Waals surface area contributed by atoms with E-state index in [9.17, 15) is 0 Å². The molecule has 0 saturated heterocycles. The predicted octanol–water partition coefficient (Wildman–Crippen LogP) is 3.92. The average molecular weight is 316 g/mol. The van der Waals surface area contributed by atoms with Crippen molar-refractivity contribution in [2.45, 2.75) is 38.6 Å². The molecule has 0 spiro atoms. The molecule has 0 saturated carbocycles. The number of rotatable bonds is 5. The first-order chi connectivity index (χ1) is 8.19. The van der Waals surface area contributed by atoms with Gasteiger partial charge in [-0.3, -0.25) is 4.40 Å². The molecule has 2 aromatic rings. The van der Waals surface area contributed by atoms with Crippen LogP contribution in [0.4, 0.5) is 5.82 Å². The van der Waals surface area contributed by atoms with Crippen LogP contribution < -0.4 is 4.90 Å². The van der Waals surface area contributed by atoms with Crippen LogP contribution in [0.2, 0.25) is 0 Å². The molecule has 0 aliphatic rings. The van der Waals surface area contributed by atoms with E-state index in [-0.39, 0.29) is 0 Å². The minimum atomic E-state index is 0.484. The van der Waals surface area contributed by atoms with Gasteiger partial charge in [-0.15, -0.1) is 11.3 Å². The van der Waals surface area contributed by atoms with Crippen molar-refractivity contribution >= 4 is 38.0 Å². The van der Waals surface area contributed by atoms with Crippen LogP contribution in [0.5, 0.6) is 0 Å². The van der Waals surface area contributed by atoms with Crippen molar-refractivity contribution < 1.29 is 0 Å². The van der Waals surface area contributed by atoms with Crippen molar-refractivity contribution in [2.75, 3.05) is 11.4 Å². The minimum absolute atomic E-state index is 0.484. The second kappa shape index (κ2) is 5.40. The van der Waals surface area contributed by atoms with Crippen LogP contribution >= 0.6 is 27.3 Å². The molecule has 2 heterocycles. The Morgan fingerprint density at radius 3 is 2.88 bits per heavy atom. The zero-order valence-corrected chi connectivity index (χ0v) is 12.9. The Morgan fingerprint density at radius 1 is 1.53 bits per heavy atom. The number of hydrogen-bond acceptors (Lipinski definition) is 3. The molecule has 0 amide bonds. The van der Waals surface area contributed by atoms with Crippen molar-refractivity contribution in [2.24, 2.45) is 0 Å². The van der Waals surface area contributed by atoms with Gasteiger partial charge >= 0.3 is 0 Å². The van der Waals surface area contributed by atoms with Gasteiger partial charge in [-0.1, -0.05) is 22.9 Å². The molecule has 0 radical (unpaired) electrons. The van der Waals surface area contributed by atoms with Gasteiger partial charge in [0, 0.05) is 29.5 Å². The monoisotopic (exact) mass is 315 g/mol. The number of alkyl halides is 1. The minimum Gasteiger partial charge on any atom is -0.353 e. The summed E-state index contributed by atoms with van der Waals surface area (Å²) in [5, 5.41) is 2.92. The van der Waals surface area contributed by atoms with Crippen LogP contribution in [-0.4, -0.2) is 22.0 Å². The summed E-state index contributed by atoms with van der Waals surface area (Å²) in [4.78, 5) is 8.23. The topological polar surface area (TPSA) is 20.5 Å². The number of nitrogens with zero attached hydrogens (tertiary/aromatic N) is 3. The normalized spacial score (nSPS) is 11.6. The average Bonchev–Trinajstić information content (AvgIpc) is 2.84. The molecule has 5 heteroatoms. The number of halogens is 1. The summed E-state index contributed by atoms with van der Waals surface area (Å²) in [6.07, 6.45) is 3.24. The standard InChI is InChI=1S/C12H18BrN3S/c1-4-5-15(9(2)3)11-10(8-13)16-6-7-17-12(16)14-11/h6-7,9H,4-5,8H2,1-3H3. The van der Waals surface area contributed by atoms with Gasteiger partial charge in [0.15, 0.2) is 10.8 Å². The Hall–Kier alpha value is -0.550. The summed E-state index contributed by atoms with van der Waals surface area (Å²) in [6.45, 7) is 7.71. The largest absolute Gasteiger partial charge is 0.353 e. The molecule has 0 aliphatic carbocycles. The summed E-state index contributed by atoms with van der Waals surface area (Å²) >= 11 is 5.27. The maximum Gasteiger partial charge on any atom is 0.195 e. The van der Waals surface area contributed by atoms with Gasteiger partial charge in [-0.25, -0.2) is 4.98 Å². The molecule has 0 unspecified atom stereocenters. The smallest absolute Gasteiger partial charge is 0.195 e. The lowest BCUT2D eigenvalue weighted by molar-refractivity contribution is 0.661. The summed E-state index contributed by atoms with van der Waals surface area (Å²) in [7, 11) is 0. The third kappa shape index (κ3) is 2.36. The quantitative estimate of drug-likeness (QED) is 0.780. The molecule has 94 valence electrons. The van der Waals surface area contributed by atoms with Crippen LogP contribution in [0.3, 0.4) is 0 Å². The first kappa shape index (κ1) is 12.9. The highest BCUT2D eigenvalue weighted by Crippen LogP contribution is 2.27. The molecule has 0 atom stereocenters. The van der Waals surface area contributed by atoms with Crippen LogP contribution in [0.25, 0.3) is 4.96 Å². The van der Waals surface area contributed by atoms with E-state index < -0.39 is 0 Å². The Kier molecular flexibility index (Phi) is 4.09. The number of fused-ring (bicyclic) bond motifs is 1. The molecule has 17 heavy (non-hydrogen) atoms. The highest BCUT2D eigenvalue weighted by molar-refractivity contribution is 9.08. The number of hydrogen-bond donors (Lipinski definition) is 0. The van der Waals surface area contributed by atoms with Crippen molar-refractivity contribution in [1.29, 1.82) is 0 Å².